The van der Waals surface area contributed by atoms with E-state index in [1.807, 2.05) is 0 Å². The SMILES string of the molecule is CN1CCN(C(C(=O)Nc2nnc(N)s2)C2CC(C)(C)CC(C)(C)C2)CC1. The van der Waals surface area contributed by atoms with E-state index in [-0.39, 0.29) is 22.8 Å². The minimum absolute atomic E-state index is 0.0363. The molecule has 152 valence electrons. The lowest BCUT2D eigenvalue weighted by Crippen LogP contribution is -2.57. The molecule has 1 saturated carbocycles. The average Bonchev–Trinajstić information content (AvgIpc) is 2.91. The fraction of sp³-hybridized carbons (Fsp3) is 0.842. The van der Waals surface area contributed by atoms with Crippen LogP contribution in [0, 0.1) is 16.7 Å². The number of nitrogens with zero attached hydrogens (tertiary/aromatic N) is 4. The molecule has 3 N–H and O–H groups in total. The molecular weight excluding hydrogens is 360 g/mol. The number of anilines is 2. The second kappa shape index (κ2) is 7.64. The van der Waals surface area contributed by atoms with E-state index in [2.05, 4.69) is 60.1 Å². The van der Waals surface area contributed by atoms with Gasteiger partial charge in [0.2, 0.25) is 16.2 Å². The molecule has 7 nitrogen and oxygen atoms in total. The molecule has 3 rings (SSSR count). The van der Waals surface area contributed by atoms with Crippen molar-refractivity contribution in [2.75, 3.05) is 44.3 Å². The van der Waals surface area contributed by atoms with Crippen LogP contribution in [0.5, 0.6) is 0 Å². The maximum absolute atomic E-state index is 13.4. The molecule has 2 heterocycles. The summed E-state index contributed by atoms with van der Waals surface area (Å²) >= 11 is 1.22. The summed E-state index contributed by atoms with van der Waals surface area (Å²) in [6.45, 7) is 13.2. The Kier molecular flexibility index (Phi) is 5.80. The first kappa shape index (κ1) is 20.5. The van der Waals surface area contributed by atoms with Crippen LogP contribution in [-0.4, -0.2) is 65.2 Å². The number of piperazine rings is 1. The number of carbonyl (C=O) groups excluding carboxylic acids is 1. The van der Waals surface area contributed by atoms with Gasteiger partial charge in [-0.1, -0.05) is 39.0 Å². The smallest absolute Gasteiger partial charge is 0.243 e. The highest BCUT2D eigenvalue weighted by Crippen LogP contribution is 2.50. The highest BCUT2D eigenvalue weighted by molar-refractivity contribution is 7.18. The van der Waals surface area contributed by atoms with Crippen molar-refractivity contribution in [3.8, 4) is 0 Å². The molecule has 0 radical (unpaired) electrons. The van der Waals surface area contributed by atoms with Crippen LogP contribution in [-0.2, 0) is 4.79 Å². The van der Waals surface area contributed by atoms with E-state index in [0.29, 0.717) is 16.2 Å². The van der Waals surface area contributed by atoms with Gasteiger partial charge in [0.25, 0.3) is 0 Å². The molecule has 0 spiro atoms. The van der Waals surface area contributed by atoms with E-state index >= 15 is 0 Å². The molecular formula is C19H34N6OS. The second-order valence-electron chi connectivity index (χ2n) is 9.89. The number of hydrogen-bond acceptors (Lipinski definition) is 7. The number of carbonyl (C=O) groups is 1. The van der Waals surface area contributed by atoms with Crippen LogP contribution in [0.2, 0.25) is 0 Å². The van der Waals surface area contributed by atoms with Crippen LogP contribution in [0.4, 0.5) is 10.3 Å². The number of likely N-dealkylation sites (N-methyl/N-ethyl adjacent to an activating group) is 1. The Morgan fingerprint density at radius 3 is 2.26 bits per heavy atom. The van der Waals surface area contributed by atoms with Gasteiger partial charge in [0.1, 0.15) is 0 Å². The third kappa shape index (κ3) is 5.18. The second-order valence-corrected chi connectivity index (χ2v) is 10.9. The van der Waals surface area contributed by atoms with Gasteiger partial charge in [-0.2, -0.15) is 0 Å². The van der Waals surface area contributed by atoms with Crippen molar-refractivity contribution >= 4 is 27.5 Å². The molecule has 1 aromatic rings. The van der Waals surface area contributed by atoms with Crippen molar-refractivity contribution < 1.29 is 4.79 Å². The summed E-state index contributed by atoms with van der Waals surface area (Å²) in [4.78, 5) is 18.1. The first-order valence-electron chi connectivity index (χ1n) is 9.87. The highest BCUT2D eigenvalue weighted by atomic mass is 32.1. The van der Waals surface area contributed by atoms with E-state index < -0.39 is 0 Å². The summed E-state index contributed by atoms with van der Waals surface area (Å²) in [5, 5.41) is 11.7. The monoisotopic (exact) mass is 394 g/mol. The summed E-state index contributed by atoms with van der Waals surface area (Å²) in [5.74, 6) is 0.367. The Hall–Kier alpha value is -1.25. The van der Waals surface area contributed by atoms with E-state index in [1.165, 1.54) is 17.8 Å². The molecule has 1 atom stereocenters. The third-order valence-electron chi connectivity index (χ3n) is 5.90. The zero-order chi connectivity index (χ0) is 19.8. The van der Waals surface area contributed by atoms with Crippen molar-refractivity contribution in [2.45, 2.75) is 53.0 Å². The summed E-state index contributed by atoms with van der Waals surface area (Å²) in [6, 6.07) is -0.136. The zero-order valence-corrected chi connectivity index (χ0v) is 18.1. The zero-order valence-electron chi connectivity index (χ0n) is 17.3. The molecule has 1 unspecified atom stereocenters. The minimum Gasteiger partial charge on any atom is -0.374 e. The normalized spacial score (nSPS) is 25.2. The maximum atomic E-state index is 13.4. The fourth-order valence-corrected chi connectivity index (χ4v) is 5.91. The molecule has 0 aromatic carbocycles. The van der Waals surface area contributed by atoms with Crippen LogP contribution in [0.25, 0.3) is 0 Å². The molecule has 27 heavy (non-hydrogen) atoms. The number of amides is 1. The molecule has 1 saturated heterocycles. The Balaban J connectivity index is 1.83. The first-order valence-corrected chi connectivity index (χ1v) is 10.7. The molecule has 1 aliphatic carbocycles. The van der Waals surface area contributed by atoms with Gasteiger partial charge < -0.3 is 10.6 Å². The first-order chi connectivity index (χ1) is 12.5. The van der Waals surface area contributed by atoms with E-state index in [0.717, 1.165) is 39.0 Å². The van der Waals surface area contributed by atoms with E-state index in [1.54, 1.807) is 0 Å². The van der Waals surface area contributed by atoms with Crippen LogP contribution in [0.3, 0.4) is 0 Å². The molecule has 2 fully saturated rings. The van der Waals surface area contributed by atoms with Crippen LogP contribution in [0.15, 0.2) is 0 Å². The van der Waals surface area contributed by atoms with Gasteiger partial charge in [-0.15, -0.1) is 10.2 Å². The summed E-state index contributed by atoms with van der Waals surface area (Å²) in [7, 11) is 2.14. The quantitative estimate of drug-likeness (QED) is 0.816. The van der Waals surface area contributed by atoms with Crippen LogP contribution < -0.4 is 11.1 Å². The molecule has 2 aliphatic rings. The summed E-state index contributed by atoms with van der Waals surface area (Å²) < 4.78 is 0. The molecule has 1 aromatic heterocycles. The lowest BCUT2D eigenvalue weighted by Gasteiger charge is -2.49. The van der Waals surface area contributed by atoms with Crippen LogP contribution >= 0.6 is 11.3 Å². The van der Waals surface area contributed by atoms with Crippen molar-refractivity contribution in [1.29, 1.82) is 0 Å². The number of nitrogens with one attached hydrogen (secondary N) is 1. The van der Waals surface area contributed by atoms with Crippen LogP contribution in [0.1, 0.15) is 47.0 Å². The fourth-order valence-electron chi connectivity index (χ4n) is 5.40. The number of hydrogen-bond donors (Lipinski definition) is 2. The van der Waals surface area contributed by atoms with Crippen molar-refractivity contribution in [3.05, 3.63) is 0 Å². The minimum atomic E-state index is -0.136. The topological polar surface area (TPSA) is 87.4 Å². The van der Waals surface area contributed by atoms with Gasteiger partial charge in [-0.05, 0) is 43.1 Å². The lowest BCUT2D eigenvalue weighted by molar-refractivity contribution is -0.126. The van der Waals surface area contributed by atoms with Gasteiger partial charge in [0, 0.05) is 26.2 Å². The summed E-state index contributed by atoms with van der Waals surface area (Å²) in [6.07, 6.45) is 3.33. The Labute approximate surface area is 166 Å². The van der Waals surface area contributed by atoms with Crippen molar-refractivity contribution in [1.82, 2.24) is 20.0 Å². The highest BCUT2D eigenvalue weighted by Gasteiger charge is 2.45. The van der Waals surface area contributed by atoms with E-state index in [9.17, 15) is 4.79 Å². The molecule has 1 amide bonds. The average molecular weight is 395 g/mol. The summed E-state index contributed by atoms with van der Waals surface area (Å²) in [5.41, 5.74) is 6.16. The van der Waals surface area contributed by atoms with Crippen molar-refractivity contribution in [3.63, 3.8) is 0 Å². The predicted molar refractivity (Wildman–Crippen MR) is 111 cm³/mol. The Morgan fingerprint density at radius 2 is 1.74 bits per heavy atom. The van der Waals surface area contributed by atoms with Crippen molar-refractivity contribution in [2.24, 2.45) is 16.7 Å². The van der Waals surface area contributed by atoms with Gasteiger partial charge >= 0.3 is 0 Å². The van der Waals surface area contributed by atoms with Gasteiger partial charge in [0.05, 0.1) is 6.04 Å². The van der Waals surface area contributed by atoms with Gasteiger partial charge in [-0.25, -0.2) is 0 Å². The maximum Gasteiger partial charge on any atom is 0.243 e. The van der Waals surface area contributed by atoms with Gasteiger partial charge in [0.15, 0.2) is 0 Å². The predicted octanol–water partition coefficient (Wildman–Crippen LogP) is 2.53. The molecule has 1 aliphatic heterocycles. The lowest BCUT2D eigenvalue weighted by atomic mass is 9.60. The standard InChI is InChI=1S/C19H34N6OS/c1-18(2)10-13(11-19(3,4)12-18)14(25-8-6-24(5)7-9-25)15(26)21-17-23-22-16(20)27-17/h13-14H,6-12H2,1-5H3,(H2,20,22)(H,21,23,26). The van der Waals surface area contributed by atoms with Gasteiger partial charge in [-0.3, -0.25) is 15.0 Å². The molecule has 8 heteroatoms. The molecule has 0 bridgehead atoms. The Morgan fingerprint density at radius 1 is 1.15 bits per heavy atom. The Bertz CT molecular complexity index is 649. The largest absolute Gasteiger partial charge is 0.374 e. The number of rotatable bonds is 4. The number of nitrogen functional groups attached to an aromatic ring is 1. The number of nitrogens with two attached hydrogens (primary N) is 1. The van der Waals surface area contributed by atoms with E-state index in [4.69, 9.17) is 5.73 Å². The third-order valence-corrected chi connectivity index (χ3v) is 6.57. The number of aromatic nitrogens is 2.